The van der Waals surface area contributed by atoms with Crippen LogP contribution < -0.4 is 16.0 Å². The number of Topliss-reactive ketones (excluding diaryl/α,β-unsaturated/α-hetero) is 2. The van der Waals surface area contributed by atoms with E-state index in [0.29, 0.717) is 69.7 Å². The van der Waals surface area contributed by atoms with Gasteiger partial charge in [-0.2, -0.15) is 0 Å². The lowest BCUT2D eigenvalue weighted by Gasteiger charge is -2.42. The molecule has 0 unspecified atom stereocenters. The predicted molar refractivity (Wildman–Crippen MR) is 346 cm³/mol. The summed E-state index contributed by atoms with van der Waals surface area (Å²) in [5.41, 5.74) is 4.73. The van der Waals surface area contributed by atoms with Crippen molar-refractivity contribution in [1.29, 1.82) is 0 Å². The van der Waals surface area contributed by atoms with Gasteiger partial charge in [0.2, 0.25) is 29.5 Å². The summed E-state index contributed by atoms with van der Waals surface area (Å²) < 4.78 is 0. The van der Waals surface area contributed by atoms with Crippen molar-refractivity contribution in [3.8, 4) is 11.1 Å². The lowest BCUT2D eigenvalue weighted by atomic mass is 9.76. The highest BCUT2D eigenvalue weighted by Crippen LogP contribution is 2.36. The molecule has 2 saturated heterocycles. The summed E-state index contributed by atoms with van der Waals surface area (Å²) in [4.78, 5) is 120. The molecule has 4 aliphatic rings. The second kappa shape index (κ2) is 34.1. The molecule has 2 aliphatic carbocycles. The van der Waals surface area contributed by atoms with Crippen LogP contribution in [0, 0.1) is 23.7 Å². The third-order valence-corrected chi connectivity index (χ3v) is 19.7. The maximum atomic E-state index is 14.7. The van der Waals surface area contributed by atoms with Gasteiger partial charge in [-0.05, 0) is 144 Å². The van der Waals surface area contributed by atoms with Gasteiger partial charge in [0.1, 0.15) is 11.8 Å². The number of piperidine rings is 2. The first-order valence-corrected chi connectivity index (χ1v) is 33.5. The summed E-state index contributed by atoms with van der Waals surface area (Å²) in [7, 11) is 1.77. The second-order valence-corrected chi connectivity index (χ2v) is 25.7. The van der Waals surface area contributed by atoms with Gasteiger partial charge < -0.3 is 35.6 Å². The highest BCUT2D eigenvalue weighted by atomic mass is 16.2. The van der Waals surface area contributed by atoms with E-state index >= 15 is 0 Å². The van der Waals surface area contributed by atoms with Crippen LogP contribution in [-0.4, -0.2) is 144 Å². The molecule has 2 saturated carbocycles. The minimum Gasteiger partial charge on any atom is -0.344 e. The normalized spacial score (nSPS) is 18.9. The minimum atomic E-state index is -0.586. The molecule has 2 heterocycles. The molecule has 15 heteroatoms. The van der Waals surface area contributed by atoms with Crippen molar-refractivity contribution in [3.63, 3.8) is 0 Å². The Hall–Kier alpha value is -7.00. The summed E-state index contributed by atoms with van der Waals surface area (Å²) >= 11 is 0. The molecule has 15 nitrogen and oxygen atoms in total. The fourth-order valence-corrected chi connectivity index (χ4v) is 13.7. The number of carbonyl (C=O) groups is 8. The van der Waals surface area contributed by atoms with Crippen molar-refractivity contribution in [3.05, 3.63) is 131 Å². The molecule has 0 aromatic heterocycles. The molecule has 2 aliphatic heterocycles. The van der Waals surface area contributed by atoms with E-state index in [4.69, 9.17) is 0 Å². The van der Waals surface area contributed by atoms with Gasteiger partial charge in [-0.25, -0.2) is 0 Å². The lowest BCUT2D eigenvalue weighted by molar-refractivity contribution is -0.146. The summed E-state index contributed by atoms with van der Waals surface area (Å²) in [6.07, 6.45) is 17.5. The van der Waals surface area contributed by atoms with Crippen LogP contribution in [0.2, 0.25) is 0 Å². The molecule has 474 valence electrons. The molecule has 6 atom stereocenters. The smallest absolute Gasteiger partial charge is 0.251 e. The number of amides is 6. The van der Waals surface area contributed by atoms with Crippen molar-refractivity contribution < 1.29 is 38.4 Å². The number of likely N-dealkylation sites (tertiary alicyclic amines) is 2. The maximum Gasteiger partial charge on any atom is 0.251 e. The number of likely N-dealkylation sites (N-methyl/N-ethyl adjacent to an activating group) is 1. The van der Waals surface area contributed by atoms with E-state index in [2.05, 4.69) is 16.0 Å². The van der Waals surface area contributed by atoms with Gasteiger partial charge in [0, 0.05) is 93.6 Å². The molecular formula is C73H99N7O8. The number of nitrogens with one attached hydrogen (secondary N) is 3. The van der Waals surface area contributed by atoms with Crippen LogP contribution in [0.25, 0.3) is 11.1 Å². The molecule has 4 fully saturated rings. The average Bonchev–Trinajstić information content (AvgIpc) is 2.18. The SMILES string of the molecule is CC[C@@H](C)C(=O)N[C@H](C(=O)N1CCCC[C@H]1CN(CCc1ccccc1)C(=O)CCC(=O)c1ccc(-c2ccc(C(=O)NCC(=O)N(CCc3ccccc3)C[C@@H]3CCCCN3C(=O)[C@@H](CC(=O)[C@H](C)NC)C3CCCCC3)cc2)cc1)C1CCCCC1. The average molecular weight is 1200 g/mol. The van der Waals surface area contributed by atoms with Crippen LogP contribution in [0.15, 0.2) is 109 Å². The van der Waals surface area contributed by atoms with Gasteiger partial charge in [-0.3, -0.25) is 38.4 Å². The zero-order valence-electron chi connectivity index (χ0n) is 53.1. The largest absolute Gasteiger partial charge is 0.344 e. The topological polar surface area (TPSA) is 186 Å². The highest BCUT2D eigenvalue weighted by Gasteiger charge is 2.41. The molecule has 88 heavy (non-hydrogen) atoms. The highest BCUT2D eigenvalue weighted by molar-refractivity contribution is 5.99. The standard InChI is InChI=1S/C73H99N7O8/c1-5-52(2)70(85)76-69(60-28-16-9-17-29-60)73(88)80-45-21-19-31-63(80)50-77(46-42-54-22-10-6-11-23-54)67(83)41-40-65(81)59-36-32-56(33-37-59)57-34-38-61(39-35-57)71(86)75-49-68(84)78(47-43-55-24-12-7-13-25-55)51-62-30-18-20-44-79(62)72(87)64(48-66(82)53(3)74-4)58-26-14-8-15-27-58/h6-7,10-13,22-25,32-39,52-53,58,60,62-64,69,74H,5,8-9,14-21,26-31,40-51H2,1-4H3,(H,75,86)(H,76,85)/t52-,53+,62+,63+,64+,69+/m1/s1. The van der Waals surface area contributed by atoms with Crippen LogP contribution >= 0.6 is 0 Å². The number of benzene rings is 4. The van der Waals surface area contributed by atoms with Crippen LogP contribution in [0.4, 0.5) is 0 Å². The van der Waals surface area contributed by atoms with Gasteiger partial charge in [0.05, 0.1) is 12.6 Å². The van der Waals surface area contributed by atoms with Gasteiger partial charge in [0.25, 0.3) is 5.91 Å². The number of hydrogen-bond donors (Lipinski definition) is 3. The molecule has 0 spiro atoms. The summed E-state index contributed by atoms with van der Waals surface area (Å²) in [5, 5.41) is 9.14. The van der Waals surface area contributed by atoms with Crippen molar-refractivity contribution in [2.45, 2.75) is 186 Å². The van der Waals surface area contributed by atoms with E-state index in [9.17, 15) is 38.4 Å². The van der Waals surface area contributed by atoms with E-state index in [1.807, 2.05) is 120 Å². The zero-order chi connectivity index (χ0) is 62.4. The van der Waals surface area contributed by atoms with Crippen LogP contribution in [0.3, 0.4) is 0 Å². The molecule has 8 rings (SSSR count). The zero-order valence-corrected chi connectivity index (χ0v) is 53.1. The van der Waals surface area contributed by atoms with Gasteiger partial charge in [-0.1, -0.05) is 149 Å². The Morgan fingerprint density at radius 1 is 0.545 bits per heavy atom. The first-order valence-electron chi connectivity index (χ1n) is 33.5. The number of rotatable bonds is 29. The fourth-order valence-electron chi connectivity index (χ4n) is 13.7. The number of carbonyl (C=O) groups excluding carboxylic acids is 8. The first kappa shape index (κ1) is 66.9. The molecule has 6 amide bonds. The van der Waals surface area contributed by atoms with Crippen molar-refractivity contribution in [2.75, 3.05) is 52.9 Å². The van der Waals surface area contributed by atoms with Crippen molar-refractivity contribution in [1.82, 2.24) is 35.6 Å². The molecule has 3 N–H and O–H groups in total. The Balaban J connectivity index is 0.875. The van der Waals surface area contributed by atoms with Crippen LogP contribution in [0.1, 0.15) is 181 Å². The Kier molecular flexibility index (Phi) is 25.9. The predicted octanol–water partition coefficient (Wildman–Crippen LogP) is 10.8. The maximum absolute atomic E-state index is 14.7. The second-order valence-electron chi connectivity index (χ2n) is 25.7. The summed E-state index contributed by atoms with van der Waals surface area (Å²) in [6, 6.07) is 33.1. The van der Waals surface area contributed by atoms with E-state index in [1.165, 1.54) is 0 Å². The molecule has 4 aromatic rings. The Morgan fingerprint density at radius 2 is 1.03 bits per heavy atom. The fraction of sp³-hybridized carbons (Fsp3) is 0.562. The lowest BCUT2D eigenvalue weighted by Crippen LogP contribution is -2.59. The summed E-state index contributed by atoms with van der Waals surface area (Å²) in [5.74, 6) is -1.29. The monoisotopic (exact) mass is 1200 g/mol. The Labute approximate surface area is 523 Å². The third kappa shape index (κ3) is 19.0. The Bertz CT molecular complexity index is 2710. The molecule has 0 bridgehead atoms. The number of ketones is 2. The minimum absolute atomic E-state index is 0.0224. The van der Waals surface area contributed by atoms with Gasteiger partial charge in [0.15, 0.2) is 5.78 Å². The van der Waals surface area contributed by atoms with Crippen molar-refractivity contribution >= 4 is 47.0 Å². The van der Waals surface area contributed by atoms with Crippen molar-refractivity contribution in [2.24, 2.45) is 23.7 Å². The van der Waals surface area contributed by atoms with Gasteiger partial charge >= 0.3 is 0 Å². The van der Waals surface area contributed by atoms with E-state index in [1.54, 1.807) is 36.2 Å². The Morgan fingerprint density at radius 3 is 1.56 bits per heavy atom. The van der Waals surface area contributed by atoms with E-state index in [0.717, 1.165) is 125 Å². The van der Waals surface area contributed by atoms with E-state index < -0.39 is 11.9 Å². The van der Waals surface area contributed by atoms with E-state index in [-0.39, 0.29) is 109 Å². The quantitative estimate of drug-likeness (QED) is 0.0445. The summed E-state index contributed by atoms with van der Waals surface area (Å²) in [6.45, 7) is 8.26. The number of hydrogen-bond acceptors (Lipinski definition) is 9. The van der Waals surface area contributed by atoms with Crippen LogP contribution in [0.5, 0.6) is 0 Å². The molecular weight excluding hydrogens is 1100 g/mol. The third-order valence-electron chi connectivity index (χ3n) is 19.7. The molecule has 0 radical (unpaired) electrons. The number of nitrogens with zero attached hydrogens (tertiary/aromatic N) is 4. The first-order chi connectivity index (χ1) is 42.7. The van der Waals surface area contributed by atoms with Gasteiger partial charge in [-0.15, -0.1) is 0 Å². The van der Waals surface area contributed by atoms with Crippen LogP contribution in [-0.2, 0) is 41.6 Å². The molecule has 4 aromatic carbocycles.